The van der Waals surface area contributed by atoms with Crippen molar-refractivity contribution in [3.63, 3.8) is 0 Å². The number of esters is 1. The number of halogens is 13. The Bertz CT molecular complexity index is 866. The predicted octanol–water partition coefficient (Wildman–Crippen LogP) is 8.23. The number of ether oxygens (including phenoxy) is 1. The Hall–Kier alpha value is -2.22. The first-order valence-electron chi connectivity index (χ1n) is 10.4. The number of benzene rings is 1. The second-order valence-corrected chi connectivity index (χ2v) is 7.89. The SMILES string of the molecule is CCCCC(CC)C(=O)OC(c1ccccc1)C(F)(F)C(F)(F)C(F)(F)C(F)(F)C(F)(F)C(F)(F)F. The molecule has 0 N–H and O–H groups in total. The maximum Gasteiger partial charge on any atom is 0.460 e. The molecule has 0 spiro atoms. The van der Waals surface area contributed by atoms with Crippen molar-refractivity contribution in [2.75, 3.05) is 0 Å². The van der Waals surface area contributed by atoms with Crippen LogP contribution >= 0.6 is 0 Å². The Morgan fingerprint density at radius 1 is 0.750 bits per heavy atom. The van der Waals surface area contributed by atoms with E-state index < -0.39 is 59.3 Å². The van der Waals surface area contributed by atoms with Crippen molar-refractivity contribution < 1.29 is 66.6 Å². The van der Waals surface area contributed by atoms with Gasteiger partial charge >= 0.3 is 41.8 Å². The molecule has 2 unspecified atom stereocenters. The highest BCUT2D eigenvalue weighted by molar-refractivity contribution is 5.72. The molecule has 2 nitrogen and oxygen atoms in total. The number of alkyl halides is 13. The van der Waals surface area contributed by atoms with E-state index in [2.05, 4.69) is 4.74 Å². The van der Waals surface area contributed by atoms with Gasteiger partial charge in [0.2, 0.25) is 0 Å². The van der Waals surface area contributed by atoms with Crippen molar-refractivity contribution in [1.29, 1.82) is 0 Å². The standard InChI is InChI=1S/C21H21F13O2/c1-3-5-9-12(4-2)15(35)36-14(13-10-7-6-8-11-13)16(22,23)17(24,25)18(26,27)19(28,29)20(30,31)21(32,33)34/h6-8,10-12,14H,3-5,9H2,1-2H3. The second kappa shape index (κ2) is 10.6. The molecule has 208 valence electrons. The molecule has 0 amide bonds. The Morgan fingerprint density at radius 2 is 1.22 bits per heavy atom. The molecule has 2 atom stereocenters. The van der Waals surface area contributed by atoms with E-state index in [9.17, 15) is 61.9 Å². The second-order valence-electron chi connectivity index (χ2n) is 7.89. The topological polar surface area (TPSA) is 26.3 Å². The van der Waals surface area contributed by atoms with Crippen LogP contribution in [-0.2, 0) is 9.53 Å². The van der Waals surface area contributed by atoms with E-state index >= 15 is 0 Å². The third-order valence-electron chi connectivity index (χ3n) is 5.36. The van der Waals surface area contributed by atoms with Gasteiger partial charge in [-0.15, -0.1) is 0 Å². The zero-order valence-electron chi connectivity index (χ0n) is 18.6. The number of unbranched alkanes of at least 4 members (excludes halogenated alkanes) is 1. The first-order valence-corrected chi connectivity index (χ1v) is 10.4. The number of carbonyl (C=O) groups is 1. The number of carbonyl (C=O) groups excluding carboxylic acids is 1. The minimum absolute atomic E-state index is 0.0264. The molecule has 0 aliphatic carbocycles. The summed E-state index contributed by atoms with van der Waals surface area (Å²) < 4.78 is 181. The van der Waals surface area contributed by atoms with Gasteiger partial charge < -0.3 is 4.74 Å². The van der Waals surface area contributed by atoms with Gasteiger partial charge in [-0.25, -0.2) is 0 Å². The highest BCUT2D eigenvalue weighted by Crippen LogP contribution is 2.62. The van der Waals surface area contributed by atoms with Crippen molar-refractivity contribution in [3.8, 4) is 0 Å². The number of rotatable bonds is 12. The van der Waals surface area contributed by atoms with Gasteiger partial charge in [0, 0.05) is 0 Å². The van der Waals surface area contributed by atoms with Crippen LogP contribution in [0.1, 0.15) is 51.2 Å². The fourth-order valence-corrected chi connectivity index (χ4v) is 3.08. The summed E-state index contributed by atoms with van der Waals surface area (Å²) in [6.07, 6.45) is -10.6. The summed E-state index contributed by atoms with van der Waals surface area (Å²) in [6, 6.07) is 3.97. The molecule has 0 aliphatic rings. The smallest absolute Gasteiger partial charge is 0.451 e. The van der Waals surface area contributed by atoms with E-state index in [1.807, 2.05) is 0 Å². The van der Waals surface area contributed by atoms with E-state index in [4.69, 9.17) is 0 Å². The lowest BCUT2D eigenvalue weighted by Crippen LogP contribution is -2.70. The molecule has 0 saturated heterocycles. The quantitative estimate of drug-likeness (QED) is 0.193. The van der Waals surface area contributed by atoms with Crippen LogP contribution in [0, 0.1) is 5.92 Å². The predicted molar refractivity (Wildman–Crippen MR) is 99.4 cm³/mol. The summed E-state index contributed by atoms with van der Waals surface area (Å²) >= 11 is 0. The third-order valence-corrected chi connectivity index (χ3v) is 5.36. The molecule has 1 aromatic rings. The summed E-state index contributed by atoms with van der Waals surface area (Å²) in [7, 11) is 0. The van der Waals surface area contributed by atoms with Crippen LogP contribution in [0.15, 0.2) is 30.3 Å². The van der Waals surface area contributed by atoms with Gasteiger partial charge in [0.05, 0.1) is 5.92 Å². The molecule has 0 fully saturated rings. The zero-order chi connectivity index (χ0) is 28.4. The van der Waals surface area contributed by atoms with E-state index in [1.165, 1.54) is 6.92 Å². The maximum atomic E-state index is 14.9. The van der Waals surface area contributed by atoms with E-state index in [0.29, 0.717) is 25.0 Å². The molecule has 0 heterocycles. The first-order chi connectivity index (χ1) is 16.1. The summed E-state index contributed by atoms with van der Waals surface area (Å²) in [5, 5.41) is 0. The van der Waals surface area contributed by atoms with Crippen LogP contribution in [0.5, 0.6) is 0 Å². The lowest BCUT2D eigenvalue weighted by molar-refractivity contribution is -0.444. The van der Waals surface area contributed by atoms with Gasteiger partial charge in [0.1, 0.15) is 0 Å². The van der Waals surface area contributed by atoms with Gasteiger partial charge in [-0.05, 0) is 18.4 Å². The highest BCUT2D eigenvalue weighted by Gasteiger charge is 2.91. The van der Waals surface area contributed by atoms with Crippen molar-refractivity contribution in [2.24, 2.45) is 5.92 Å². The minimum atomic E-state index is -8.04. The Kier molecular flexibility index (Phi) is 9.40. The molecule has 1 aromatic carbocycles. The highest BCUT2D eigenvalue weighted by atomic mass is 19.4. The van der Waals surface area contributed by atoms with Gasteiger partial charge in [-0.1, -0.05) is 57.0 Å². The fourth-order valence-electron chi connectivity index (χ4n) is 3.08. The Labute approximate surface area is 196 Å². The molecule has 0 radical (unpaired) electrons. The third kappa shape index (κ3) is 5.38. The normalized spacial score (nSPS) is 16.0. The molecular formula is C21H21F13O2. The number of hydrogen-bond acceptors (Lipinski definition) is 2. The van der Waals surface area contributed by atoms with Crippen LogP contribution in [-0.4, -0.2) is 41.8 Å². The summed E-state index contributed by atoms with van der Waals surface area (Å²) in [5.41, 5.74) is -1.14. The molecule has 0 aliphatic heterocycles. The number of hydrogen-bond donors (Lipinski definition) is 0. The average Bonchev–Trinajstić information content (AvgIpc) is 2.77. The minimum Gasteiger partial charge on any atom is -0.451 e. The molecule has 15 heteroatoms. The summed E-state index contributed by atoms with van der Waals surface area (Å²) in [4.78, 5) is 12.4. The lowest BCUT2D eigenvalue weighted by Gasteiger charge is -2.41. The van der Waals surface area contributed by atoms with Gasteiger partial charge in [-0.2, -0.15) is 57.1 Å². The summed E-state index contributed by atoms with van der Waals surface area (Å²) in [5.74, 6) is -40.9. The van der Waals surface area contributed by atoms with Crippen molar-refractivity contribution >= 4 is 5.97 Å². The van der Waals surface area contributed by atoms with Crippen molar-refractivity contribution in [2.45, 2.75) is 81.4 Å². The zero-order valence-corrected chi connectivity index (χ0v) is 18.6. The van der Waals surface area contributed by atoms with Gasteiger partial charge in [0.25, 0.3) is 0 Å². The van der Waals surface area contributed by atoms with Crippen LogP contribution in [0.25, 0.3) is 0 Å². The Balaban J connectivity index is 3.65. The van der Waals surface area contributed by atoms with E-state index in [0.717, 1.165) is 18.2 Å². The van der Waals surface area contributed by atoms with Gasteiger partial charge in [0.15, 0.2) is 6.10 Å². The van der Waals surface area contributed by atoms with E-state index in [1.54, 1.807) is 6.92 Å². The first kappa shape index (κ1) is 31.8. The van der Waals surface area contributed by atoms with E-state index in [-0.39, 0.29) is 12.8 Å². The van der Waals surface area contributed by atoms with Crippen LogP contribution in [0.3, 0.4) is 0 Å². The average molecular weight is 552 g/mol. The molecule has 0 bridgehead atoms. The fraction of sp³-hybridized carbons (Fsp3) is 0.667. The van der Waals surface area contributed by atoms with Crippen LogP contribution in [0.4, 0.5) is 57.1 Å². The molecule has 0 aromatic heterocycles. The largest absolute Gasteiger partial charge is 0.460 e. The molecule has 1 rings (SSSR count). The van der Waals surface area contributed by atoms with Crippen LogP contribution < -0.4 is 0 Å². The molecule has 36 heavy (non-hydrogen) atoms. The summed E-state index contributed by atoms with van der Waals surface area (Å²) in [6.45, 7) is 3.03. The van der Waals surface area contributed by atoms with Crippen molar-refractivity contribution in [1.82, 2.24) is 0 Å². The molecular weight excluding hydrogens is 531 g/mol. The van der Waals surface area contributed by atoms with Gasteiger partial charge in [-0.3, -0.25) is 4.79 Å². The monoisotopic (exact) mass is 552 g/mol. The lowest BCUT2D eigenvalue weighted by atomic mass is 9.89. The maximum absolute atomic E-state index is 14.9. The van der Waals surface area contributed by atoms with Crippen molar-refractivity contribution in [3.05, 3.63) is 35.9 Å². The van der Waals surface area contributed by atoms with Crippen LogP contribution in [0.2, 0.25) is 0 Å². The molecule has 0 saturated carbocycles. The Morgan fingerprint density at radius 3 is 1.64 bits per heavy atom.